The van der Waals surface area contributed by atoms with Gasteiger partial charge in [0.1, 0.15) is 15.8 Å². The molecule has 3 rings (SSSR count). The van der Waals surface area contributed by atoms with Crippen molar-refractivity contribution in [3.8, 4) is 11.3 Å². The predicted molar refractivity (Wildman–Crippen MR) is 91.9 cm³/mol. The molecule has 7 heteroatoms. The van der Waals surface area contributed by atoms with E-state index in [1.165, 1.54) is 0 Å². The zero-order valence-electron chi connectivity index (χ0n) is 13.2. The van der Waals surface area contributed by atoms with E-state index in [1.54, 1.807) is 11.7 Å². The van der Waals surface area contributed by atoms with Crippen molar-refractivity contribution in [3.05, 3.63) is 52.2 Å². The van der Waals surface area contributed by atoms with E-state index in [4.69, 9.17) is 16.4 Å². The number of rotatable bonds is 4. The van der Waals surface area contributed by atoms with E-state index in [0.29, 0.717) is 10.2 Å². The predicted octanol–water partition coefficient (Wildman–Crippen LogP) is 3.14. The maximum Gasteiger partial charge on any atom is 0.131 e. The highest BCUT2D eigenvalue weighted by Crippen LogP contribution is 2.31. The quantitative estimate of drug-likeness (QED) is 0.919. The highest BCUT2D eigenvalue weighted by Gasteiger charge is 2.28. The maximum atomic E-state index is 12.7. The molecule has 0 saturated heterocycles. The summed E-state index contributed by atoms with van der Waals surface area (Å²) in [5, 5.41) is 5.53. The summed E-state index contributed by atoms with van der Waals surface area (Å²) in [4.78, 5) is 5.37. The fourth-order valence-corrected chi connectivity index (χ4v) is 3.90. The molecule has 2 aromatic rings. The van der Waals surface area contributed by atoms with Crippen LogP contribution in [0.1, 0.15) is 19.4 Å². The molecule has 1 aromatic carbocycles. The van der Waals surface area contributed by atoms with E-state index in [2.05, 4.69) is 10.6 Å². The maximum absolute atomic E-state index is 12.7. The number of nitrogens with zero attached hydrogens (tertiary/aromatic N) is 2. The van der Waals surface area contributed by atoms with E-state index < -0.39 is 16.4 Å². The number of aromatic nitrogens is 2. The molecule has 2 heterocycles. The minimum absolute atomic E-state index is 0.273. The molecule has 0 bridgehead atoms. The van der Waals surface area contributed by atoms with E-state index in [1.807, 2.05) is 50.3 Å². The Balaban J connectivity index is 1.93. The molecule has 1 aromatic heterocycles. The van der Waals surface area contributed by atoms with Crippen molar-refractivity contribution in [1.29, 1.82) is 0 Å². The van der Waals surface area contributed by atoms with Gasteiger partial charge in [0, 0.05) is 18.2 Å². The average molecular weight is 352 g/mol. The van der Waals surface area contributed by atoms with Crippen LogP contribution >= 0.6 is 11.6 Å². The van der Waals surface area contributed by atoms with Gasteiger partial charge < -0.3 is 0 Å². The number of halogens is 1. The largest absolute Gasteiger partial charge is 0.265 e. The number of hydrogen-bond acceptors (Lipinski definition) is 4. The van der Waals surface area contributed by atoms with Gasteiger partial charge in [0.25, 0.3) is 0 Å². The number of aryl methyl sites for hydroxylation is 1. The van der Waals surface area contributed by atoms with Gasteiger partial charge in [0.05, 0.1) is 22.2 Å². The Morgan fingerprint density at radius 2 is 2.04 bits per heavy atom. The minimum atomic E-state index is -1.29. The van der Waals surface area contributed by atoms with Crippen molar-refractivity contribution >= 4 is 22.4 Å². The smallest absolute Gasteiger partial charge is 0.131 e. The van der Waals surface area contributed by atoms with Gasteiger partial charge in [-0.05, 0) is 19.9 Å². The number of nitrogens with one attached hydrogen (secondary N) is 1. The molecular formula is C16H18ClN3O2S. The molecule has 0 saturated carbocycles. The molecule has 1 aliphatic rings. The summed E-state index contributed by atoms with van der Waals surface area (Å²) >= 11 is 6.37. The van der Waals surface area contributed by atoms with Crippen LogP contribution < -0.4 is 5.48 Å². The number of benzene rings is 1. The molecule has 1 aliphatic heterocycles. The second-order valence-electron chi connectivity index (χ2n) is 5.91. The first-order valence-corrected chi connectivity index (χ1v) is 8.89. The van der Waals surface area contributed by atoms with Gasteiger partial charge >= 0.3 is 0 Å². The van der Waals surface area contributed by atoms with Gasteiger partial charge in [0.15, 0.2) is 0 Å². The zero-order valence-corrected chi connectivity index (χ0v) is 14.7. The molecule has 1 atom stereocenters. The minimum Gasteiger partial charge on any atom is -0.265 e. The molecule has 0 fully saturated rings. The molecular weight excluding hydrogens is 334 g/mol. The Morgan fingerprint density at radius 1 is 1.35 bits per heavy atom. The summed E-state index contributed by atoms with van der Waals surface area (Å²) in [6, 6.07) is 9.75. The molecule has 0 amide bonds. The Bertz CT molecular complexity index is 784. The highest BCUT2D eigenvalue weighted by molar-refractivity contribution is 7.88. The van der Waals surface area contributed by atoms with E-state index in [0.717, 1.165) is 16.8 Å². The first-order chi connectivity index (χ1) is 10.9. The second kappa shape index (κ2) is 6.11. The summed E-state index contributed by atoms with van der Waals surface area (Å²) in [5.74, 6) is 0.273. The first-order valence-electron chi connectivity index (χ1n) is 7.19. The lowest BCUT2D eigenvalue weighted by Gasteiger charge is -2.11. The molecule has 0 aliphatic carbocycles. The number of hydrogen-bond donors (Lipinski definition) is 1. The van der Waals surface area contributed by atoms with Crippen LogP contribution in [0.3, 0.4) is 0 Å². The van der Waals surface area contributed by atoms with Crippen LogP contribution in [0.4, 0.5) is 0 Å². The van der Waals surface area contributed by atoms with Crippen LogP contribution in [0.15, 0.2) is 41.4 Å². The fourth-order valence-electron chi connectivity index (χ4n) is 2.38. The zero-order chi connectivity index (χ0) is 16.6. The molecule has 122 valence electrons. The van der Waals surface area contributed by atoms with E-state index >= 15 is 0 Å². The summed E-state index contributed by atoms with van der Waals surface area (Å²) in [6.07, 6.45) is 1.83. The number of hydroxylamine groups is 1. The fraction of sp³-hybridized carbons (Fsp3) is 0.312. The summed E-state index contributed by atoms with van der Waals surface area (Å²) in [6.45, 7) is 3.80. The summed E-state index contributed by atoms with van der Waals surface area (Å²) < 4.78 is 14.3. The average Bonchev–Trinajstić information content (AvgIpc) is 3.02. The van der Waals surface area contributed by atoms with Crippen LogP contribution in [0.25, 0.3) is 11.3 Å². The third-order valence-corrected chi connectivity index (χ3v) is 5.25. The van der Waals surface area contributed by atoms with Crippen molar-refractivity contribution < 1.29 is 9.05 Å². The van der Waals surface area contributed by atoms with Crippen molar-refractivity contribution in [1.82, 2.24) is 15.3 Å². The third-order valence-electron chi connectivity index (χ3n) is 3.53. The molecule has 1 N–H and O–H groups in total. The molecule has 0 radical (unpaired) electrons. The highest BCUT2D eigenvalue weighted by atomic mass is 35.5. The Labute approximate surface area is 142 Å². The van der Waals surface area contributed by atoms with Gasteiger partial charge in [-0.3, -0.25) is 19.2 Å². The van der Waals surface area contributed by atoms with Crippen molar-refractivity contribution in [2.75, 3.05) is 0 Å². The van der Waals surface area contributed by atoms with Gasteiger partial charge in [-0.1, -0.05) is 41.9 Å². The lowest BCUT2D eigenvalue weighted by Crippen LogP contribution is -2.21. The standard InChI is InChI=1S/C16H18ClN3O2S/c1-16(2)9-13(19-22-16)23(21)10-12-14(18-20(3)15(12)17)11-7-5-4-6-8-11/h4-9,19H,10H2,1-3H3. The summed E-state index contributed by atoms with van der Waals surface area (Å²) in [5.41, 5.74) is 4.75. The van der Waals surface area contributed by atoms with Crippen molar-refractivity contribution in [2.24, 2.45) is 7.05 Å². The van der Waals surface area contributed by atoms with Gasteiger partial charge in [-0.2, -0.15) is 5.10 Å². The van der Waals surface area contributed by atoms with E-state index in [-0.39, 0.29) is 5.75 Å². The summed E-state index contributed by atoms with van der Waals surface area (Å²) in [7, 11) is 0.492. The van der Waals surface area contributed by atoms with Crippen molar-refractivity contribution in [2.45, 2.75) is 25.2 Å². The topological polar surface area (TPSA) is 56.2 Å². The molecule has 0 spiro atoms. The van der Waals surface area contributed by atoms with Crippen LogP contribution in [-0.2, 0) is 28.4 Å². The molecule has 23 heavy (non-hydrogen) atoms. The van der Waals surface area contributed by atoms with Crippen LogP contribution in [0.2, 0.25) is 5.15 Å². The van der Waals surface area contributed by atoms with Crippen molar-refractivity contribution in [3.63, 3.8) is 0 Å². The van der Waals surface area contributed by atoms with Gasteiger partial charge in [0.2, 0.25) is 0 Å². The molecule has 5 nitrogen and oxygen atoms in total. The normalized spacial score (nSPS) is 17.7. The van der Waals surface area contributed by atoms with E-state index in [9.17, 15) is 4.21 Å². The lowest BCUT2D eigenvalue weighted by atomic mass is 10.1. The second-order valence-corrected chi connectivity index (χ2v) is 7.69. The van der Waals surface area contributed by atoms with Crippen LogP contribution in [-0.4, -0.2) is 19.6 Å². The van der Waals surface area contributed by atoms with Crippen LogP contribution in [0, 0.1) is 0 Å². The SMILES string of the molecule is Cn1nc(-c2ccccc2)c(CS(=O)C2=CC(C)(C)ON2)c1Cl. The van der Waals surface area contributed by atoms with Crippen LogP contribution in [0.5, 0.6) is 0 Å². The monoisotopic (exact) mass is 351 g/mol. The Hall–Kier alpha value is -1.63. The first kappa shape index (κ1) is 16.2. The molecule has 1 unspecified atom stereocenters. The third kappa shape index (κ3) is 3.34. The lowest BCUT2D eigenvalue weighted by molar-refractivity contribution is -0.0128. The Morgan fingerprint density at radius 3 is 2.65 bits per heavy atom. The Kier molecular flexibility index (Phi) is 4.31. The van der Waals surface area contributed by atoms with Gasteiger partial charge in [-0.25, -0.2) is 0 Å². The van der Waals surface area contributed by atoms with Gasteiger partial charge in [-0.15, -0.1) is 0 Å².